The predicted octanol–water partition coefficient (Wildman–Crippen LogP) is 2.89. The Morgan fingerprint density at radius 3 is 2.18 bits per heavy atom. The molecular formula is C37H65NO12. The van der Waals surface area contributed by atoms with Gasteiger partial charge in [-0.3, -0.25) is 4.79 Å². The Balaban J connectivity index is 1.84. The number of carbonyl (C=O) groups is 1. The Kier molecular flexibility index (Phi) is 12.8. The number of carbonyl (C=O) groups excluding carboxylic acids is 1. The molecule has 0 amide bonds. The van der Waals surface area contributed by atoms with E-state index >= 15 is 0 Å². The molecule has 3 fully saturated rings. The van der Waals surface area contributed by atoms with Gasteiger partial charge in [0.15, 0.2) is 12.6 Å². The van der Waals surface area contributed by atoms with Gasteiger partial charge in [-0.1, -0.05) is 20.8 Å². The third-order valence-electron chi connectivity index (χ3n) is 12.0. The number of aliphatic hydroxyl groups is 4. The van der Waals surface area contributed by atoms with Crippen LogP contribution in [0.2, 0.25) is 0 Å². The van der Waals surface area contributed by atoms with E-state index in [2.05, 4.69) is 0 Å². The molecule has 0 aromatic carbocycles. The van der Waals surface area contributed by atoms with Crippen LogP contribution in [-0.2, 0) is 38.0 Å². The van der Waals surface area contributed by atoms with E-state index in [1.807, 2.05) is 46.7 Å². The number of methoxy groups -OCH3 is 1. The zero-order valence-electron chi connectivity index (χ0n) is 32.4. The zero-order chi connectivity index (χ0) is 37.7. The van der Waals surface area contributed by atoms with E-state index in [4.69, 9.17) is 33.2 Å². The van der Waals surface area contributed by atoms with Crippen LogP contribution in [0.1, 0.15) is 94.9 Å². The van der Waals surface area contributed by atoms with Crippen molar-refractivity contribution in [2.24, 2.45) is 17.8 Å². The van der Waals surface area contributed by atoms with E-state index in [1.165, 1.54) is 14.0 Å². The second-order valence-electron chi connectivity index (χ2n) is 16.3. The van der Waals surface area contributed by atoms with E-state index in [0.29, 0.717) is 18.6 Å². The molecule has 0 aromatic rings. The fourth-order valence-electron chi connectivity index (χ4n) is 8.73. The molecule has 4 N–H and O–H groups in total. The minimum Gasteiger partial charge on any atom is -0.489 e. The minimum absolute atomic E-state index is 0.173. The quantitative estimate of drug-likeness (QED) is 0.285. The van der Waals surface area contributed by atoms with Crippen molar-refractivity contribution in [1.82, 2.24) is 4.90 Å². The Morgan fingerprint density at radius 1 is 0.960 bits per heavy atom. The first-order valence-corrected chi connectivity index (χ1v) is 18.3. The molecule has 0 aliphatic carbocycles. The number of rotatable bonds is 7. The Bertz CT molecular complexity index is 1210. The lowest BCUT2D eigenvalue weighted by Gasteiger charge is -2.48. The normalized spacial score (nSPS) is 49.5. The highest BCUT2D eigenvalue weighted by Gasteiger charge is 2.56. The fourth-order valence-corrected chi connectivity index (χ4v) is 8.73. The van der Waals surface area contributed by atoms with Crippen molar-refractivity contribution in [2.75, 3.05) is 21.2 Å². The number of aliphatic hydroxyl groups excluding tert-OH is 3. The van der Waals surface area contributed by atoms with Crippen molar-refractivity contribution < 1.29 is 58.4 Å². The number of fused-ring (bicyclic) bond motifs is 2. The fraction of sp³-hybridized carbons (Fsp3) is 0.919. The molecule has 290 valence electrons. The van der Waals surface area contributed by atoms with E-state index in [9.17, 15) is 25.2 Å². The summed E-state index contributed by atoms with van der Waals surface area (Å²) in [6, 6.07) is -0.235. The molecule has 3 saturated heterocycles. The smallest absolute Gasteiger partial charge is 0.311 e. The van der Waals surface area contributed by atoms with Crippen LogP contribution in [0.3, 0.4) is 0 Å². The van der Waals surface area contributed by atoms with Gasteiger partial charge in [-0.15, -0.1) is 0 Å². The topological polar surface area (TPSA) is 166 Å². The van der Waals surface area contributed by atoms with Crippen molar-refractivity contribution in [3.63, 3.8) is 0 Å². The number of hydrogen-bond acceptors (Lipinski definition) is 13. The monoisotopic (exact) mass is 715 g/mol. The average Bonchev–Trinajstić information content (AvgIpc) is 3.37. The van der Waals surface area contributed by atoms with Crippen molar-refractivity contribution >= 4 is 5.97 Å². The highest BCUT2D eigenvalue weighted by atomic mass is 16.7. The van der Waals surface area contributed by atoms with Crippen LogP contribution in [0.4, 0.5) is 0 Å². The molecule has 0 saturated carbocycles. The number of likely N-dealkylation sites (N-methyl/N-ethyl adjacent to an activating group) is 1. The number of ether oxygens (including phenoxy) is 7. The summed E-state index contributed by atoms with van der Waals surface area (Å²) >= 11 is 0. The molecule has 0 aromatic heterocycles. The van der Waals surface area contributed by atoms with Crippen LogP contribution in [0.25, 0.3) is 0 Å². The van der Waals surface area contributed by atoms with Crippen LogP contribution in [0, 0.1) is 17.8 Å². The van der Waals surface area contributed by atoms with Crippen LogP contribution >= 0.6 is 0 Å². The molecule has 50 heavy (non-hydrogen) atoms. The molecule has 0 spiro atoms. The van der Waals surface area contributed by atoms with Crippen molar-refractivity contribution in [3.8, 4) is 0 Å². The van der Waals surface area contributed by atoms with Gasteiger partial charge in [0.25, 0.3) is 0 Å². The largest absolute Gasteiger partial charge is 0.489 e. The molecule has 13 nitrogen and oxygen atoms in total. The summed E-state index contributed by atoms with van der Waals surface area (Å²) in [4.78, 5) is 16.1. The molecule has 2 bridgehead atoms. The highest BCUT2D eigenvalue weighted by molar-refractivity contribution is 5.73. The molecule has 17 atom stereocenters. The second kappa shape index (κ2) is 15.5. The van der Waals surface area contributed by atoms with Crippen LogP contribution in [0.5, 0.6) is 0 Å². The maximum absolute atomic E-state index is 14.1. The lowest BCUT2D eigenvalue weighted by Crippen LogP contribution is -2.60. The average molecular weight is 716 g/mol. The minimum atomic E-state index is -1.82. The van der Waals surface area contributed by atoms with Crippen molar-refractivity contribution in [1.29, 1.82) is 0 Å². The maximum atomic E-state index is 14.1. The van der Waals surface area contributed by atoms with Crippen molar-refractivity contribution in [3.05, 3.63) is 11.3 Å². The molecule has 13 heteroatoms. The Morgan fingerprint density at radius 2 is 1.60 bits per heavy atom. The molecule has 4 heterocycles. The van der Waals surface area contributed by atoms with Gasteiger partial charge in [-0.25, -0.2) is 0 Å². The van der Waals surface area contributed by atoms with E-state index in [1.54, 1.807) is 34.6 Å². The Hall–Kier alpha value is -1.39. The van der Waals surface area contributed by atoms with Crippen LogP contribution in [-0.4, -0.2) is 137 Å². The predicted molar refractivity (Wildman–Crippen MR) is 184 cm³/mol. The Labute approximate surface area is 298 Å². The molecule has 4 rings (SSSR count). The first-order valence-electron chi connectivity index (χ1n) is 18.3. The van der Waals surface area contributed by atoms with Gasteiger partial charge >= 0.3 is 5.97 Å². The van der Waals surface area contributed by atoms with Crippen LogP contribution in [0.15, 0.2) is 11.3 Å². The number of cyclic esters (lactones) is 1. The van der Waals surface area contributed by atoms with Crippen LogP contribution < -0.4 is 0 Å². The summed E-state index contributed by atoms with van der Waals surface area (Å²) in [6.07, 6.45) is -7.39. The van der Waals surface area contributed by atoms with Gasteiger partial charge in [0.2, 0.25) is 0 Å². The zero-order valence-corrected chi connectivity index (χ0v) is 32.4. The van der Waals surface area contributed by atoms with E-state index < -0.39 is 95.8 Å². The summed E-state index contributed by atoms with van der Waals surface area (Å²) in [5, 5.41) is 45.9. The van der Waals surface area contributed by atoms with Crippen molar-refractivity contribution in [2.45, 2.75) is 179 Å². The first kappa shape index (κ1) is 41.4. The second-order valence-corrected chi connectivity index (χ2v) is 16.3. The molecule has 4 aliphatic heterocycles. The molecule has 0 radical (unpaired) electrons. The number of esters is 1. The molecule has 4 aliphatic rings. The summed E-state index contributed by atoms with van der Waals surface area (Å²) < 4.78 is 44.6. The first-order chi connectivity index (χ1) is 23.1. The van der Waals surface area contributed by atoms with E-state index in [0.717, 1.165) is 5.57 Å². The lowest BCUT2D eigenvalue weighted by atomic mass is 9.78. The molecular weight excluding hydrogens is 650 g/mol. The summed E-state index contributed by atoms with van der Waals surface area (Å²) in [5.41, 5.74) is -3.00. The summed E-state index contributed by atoms with van der Waals surface area (Å²) in [5.74, 6) is -2.31. The maximum Gasteiger partial charge on any atom is 0.311 e. The summed E-state index contributed by atoms with van der Waals surface area (Å²) in [7, 11) is 5.34. The summed E-state index contributed by atoms with van der Waals surface area (Å²) in [6.45, 7) is 18.0. The third kappa shape index (κ3) is 7.93. The van der Waals surface area contributed by atoms with Gasteiger partial charge in [-0.05, 0) is 81.0 Å². The van der Waals surface area contributed by atoms with E-state index in [-0.39, 0.29) is 25.0 Å². The van der Waals surface area contributed by atoms with Gasteiger partial charge in [-0.2, -0.15) is 0 Å². The standard InChI is InChI=1S/C37H65NO12/c1-14-25-37(10,43)30(40)20(4)28-18(2)16-36(9,50-28)32(49-34-27(39)24(38(11)12)15-19(3)45-34)21(5)29(22(6)33(42)47-25)48-26-17-35(8,44-13)31(41)23(7)46-26/h19-27,29-32,34,39-41,43H,14-17H2,1-13H3/t19-,20+,21+,22-,23+,24+,25-,26?,27-,29+,30-,31+,32-,34?,35-,36-,37-/m1/s1. The lowest BCUT2D eigenvalue weighted by molar-refractivity contribution is -0.316. The van der Waals surface area contributed by atoms with Gasteiger partial charge in [0.05, 0.1) is 35.9 Å². The van der Waals surface area contributed by atoms with Gasteiger partial charge in [0, 0.05) is 37.8 Å². The third-order valence-corrected chi connectivity index (χ3v) is 12.0. The number of hydrogen-bond donors (Lipinski definition) is 4. The molecule has 2 unspecified atom stereocenters. The SMILES string of the molecule is CC[C@H]1OC(=O)[C@H](C)[C@@H](OC2C[C@@](C)(OC)[C@@H](O)[C@H](C)O2)[C@H](C)[C@@H](OC2O[C@H](C)C[C@H](N(C)C)[C@H]2O)[C@@]2(C)CC(C)=C(O2)[C@H](C)[C@@H](O)[C@]1(C)O. The number of nitrogens with zero attached hydrogens (tertiary/aromatic N) is 1. The van der Waals surface area contributed by atoms with Gasteiger partial charge in [0.1, 0.15) is 41.4 Å². The highest BCUT2D eigenvalue weighted by Crippen LogP contribution is 2.47. The van der Waals surface area contributed by atoms with Gasteiger partial charge < -0.3 is 58.5 Å².